The Labute approximate surface area is 91.3 Å². The molecular weight excluding hydrogens is 213 g/mol. The smallest absolute Gasteiger partial charge is 0.208 e. The van der Waals surface area contributed by atoms with Crippen LogP contribution in [0.4, 0.5) is 10.1 Å². The fourth-order valence-electron chi connectivity index (χ4n) is 1.40. The minimum Gasteiger partial charge on any atom is -0.353 e. The summed E-state index contributed by atoms with van der Waals surface area (Å²) in [4.78, 5) is 0.830. The van der Waals surface area contributed by atoms with Crippen LogP contribution in [0.15, 0.2) is 27.5 Å². The van der Waals surface area contributed by atoms with Gasteiger partial charge in [-0.05, 0) is 31.0 Å². The molecule has 1 fully saturated rings. The number of benzene rings is 1. The topological polar surface area (TPSA) is 36.4 Å². The molecule has 0 saturated heterocycles. The Hall–Kier alpha value is -1.23. The van der Waals surface area contributed by atoms with Gasteiger partial charge in [0.25, 0.3) is 0 Å². The van der Waals surface area contributed by atoms with Crippen molar-refractivity contribution in [2.24, 2.45) is 4.40 Å². The van der Waals surface area contributed by atoms with Crippen LogP contribution in [-0.4, -0.2) is 12.0 Å². The minimum absolute atomic E-state index is 0.225. The van der Waals surface area contributed by atoms with Crippen molar-refractivity contribution < 1.29 is 4.39 Å². The van der Waals surface area contributed by atoms with Gasteiger partial charge in [0.1, 0.15) is 5.82 Å². The number of guanidine groups is 1. The van der Waals surface area contributed by atoms with Crippen LogP contribution in [0.1, 0.15) is 12.8 Å². The Morgan fingerprint density at radius 2 is 2.33 bits per heavy atom. The summed E-state index contributed by atoms with van der Waals surface area (Å²) in [6, 6.07) is 5.25. The lowest BCUT2D eigenvalue weighted by molar-refractivity contribution is 0.624. The Balaban J connectivity index is 1.79. The molecule has 1 aliphatic heterocycles. The van der Waals surface area contributed by atoms with Gasteiger partial charge in [-0.15, -0.1) is 0 Å². The molecule has 5 heteroatoms. The highest BCUT2D eigenvalue weighted by atomic mass is 32.2. The maximum Gasteiger partial charge on any atom is 0.208 e. The number of rotatable bonds is 1. The van der Waals surface area contributed by atoms with E-state index in [1.54, 1.807) is 6.07 Å². The second kappa shape index (κ2) is 3.41. The van der Waals surface area contributed by atoms with E-state index in [1.165, 1.54) is 36.9 Å². The highest BCUT2D eigenvalue weighted by Gasteiger charge is 2.24. The summed E-state index contributed by atoms with van der Waals surface area (Å²) in [6.45, 7) is 0. The number of nitrogens with one attached hydrogen (secondary N) is 2. The summed E-state index contributed by atoms with van der Waals surface area (Å²) >= 11 is 1.30. The highest BCUT2D eigenvalue weighted by molar-refractivity contribution is 7.98. The van der Waals surface area contributed by atoms with Crippen LogP contribution in [0.5, 0.6) is 0 Å². The van der Waals surface area contributed by atoms with E-state index in [2.05, 4.69) is 15.0 Å². The summed E-state index contributed by atoms with van der Waals surface area (Å²) < 4.78 is 17.1. The number of nitrogens with zero attached hydrogens (tertiary/aromatic N) is 1. The van der Waals surface area contributed by atoms with E-state index in [4.69, 9.17) is 0 Å². The summed E-state index contributed by atoms with van der Waals surface area (Å²) in [5.41, 5.74) is 0.916. The Morgan fingerprint density at radius 1 is 1.47 bits per heavy atom. The lowest BCUT2D eigenvalue weighted by Crippen LogP contribution is -2.33. The van der Waals surface area contributed by atoms with E-state index < -0.39 is 0 Å². The first-order valence-corrected chi connectivity index (χ1v) is 5.67. The van der Waals surface area contributed by atoms with Gasteiger partial charge < -0.3 is 10.6 Å². The molecule has 0 atom stereocenters. The SMILES string of the molecule is Fc1ccc2c(c1)SN=C(NC1CC1)N2. The van der Waals surface area contributed by atoms with Crippen LogP contribution < -0.4 is 10.6 Å². The molecule has 15 heavy (non-hydrogen) atoms. The van der Waals surface area contributed by atoms with E-state index >= 15 is 0 Å². The molecule has 78 valence electrons. The maximum absolute atomic E-state index is 12.9. The monoisotopic (exact) mass is 223 g/mol. The third kappa shape index (κ3) is 1.92. The van der Waals surface area contributed by atoms with Crippen molar-refractivity contribution in [1.82, 2.24) is 5.32 Å². The lowest BCUT2D eigenvalue weighted by atomic mass is 10.3. The first-order chi connectivity index (χ1) is 7.31. The van der Waals surface area contributed by atoms with Crippen LogP contribution in [0.3, 0.4) is 0 Å². The number of hydrogen-bond acceptors (Lipinski definition) is 4. The summed E-state index contributed by atoms with van der Waals surface area (Å²) in [5.74, 6) is 0.554. The fourth-order valence-corrected chi connectivity index (χ4v) is 2.07. The summed E-state index contributed by atoms with van der Waals surface area (Å²) in [7, 11) is 0. The van der Waals surface area contributed by atoms with Crippen molar-refractivity contribution in [2.45, 2.75) is 23.8 Å². The fraction of sp³-hybridized carbons (Fsp3) is 0.300. The van der Waals surface area contributed by atoms with Gasteiger partial charge in [0.15, 0.2) is 0 Å². The molecule has 2 aliphatic rings. The number of anilines is 1. The standard InChI is InChI=1S/C10H10FN3S/c11-6-1-4-8-9(5-6)15-14-10(13-8)12-7-2-3-7/h1,4-5,7H,2-3H2,(H2,12,13,14). The van der Waals surface area contributed by atoms with Crippen molar-refractivity contribution >= 4 is 23.6 Å². The second-order valence-corrected chi connectivity index (χ2v) is 4.52. The zero-order valence-corrected chi connectivity index (χ0v) is 8.77. The predicted molar refractivity (Wildman–Crippen MR) is 59.5 cm³/mol. The Morgan fingerprint density at radius 3 is 3.13 bits per heavy atom. The molecule has 0 spiro atoms. The van der Waals surface area contributed by atoms with Crippen LogP contribution in [-0.2, 0) is 0 Å². The molecule has 0 bridgehead atoms. The molecule has 1 aromatic rings. The largest absolute Gasteiger partial charge is 0.353 e. The van der Waals surface area contributed by atoms with Crippen molar-refractivity contribution in [3.63, 3.8) is 0 Å². The molecule has 3 rings (SSSR count). The number of hydrogen-bond donors (Lipinski definition) is 2. The van der Waals surface area contributed by atoms with Crippen LogP contribution >= 0.6 is 11.9 Å². The Kier molecular flexibility index (Phi) is 2.05. The number of halogens is 1. The zero-order valence-electron chi connectivity index (χ0n) is 7.96. The van der Waals surface area contributed by atoms with Gasteiger partial charge in [-0.25, -0.2) is 4.39 Å². The molecule has 0 aromatic heterocycles. The Bertz CT molecular complexity index is 429. The van der Waals surface area contributed by atoms with E-state index in [1.807, 2.05) is 0 Å². The van der Waals surface area contributed by atoms with Gasteiger partial charge >= 0.3 is 0 Å². The van der Waals surface area contributed by atoms with E-state index in [-0.39, 0.29) is 5.82 Å². The third-order valence-electron chi connectivity index (χ3n) is 2.35. The maximum atomic E-state index is 12.9. The summed E-state index contributed by atoms with van der Waals surface area (Å²) in [6.07, 6.45) is 2.42. The average Bonchev–Trinajstić information content (AvgIpc) is 3.02. The number of fused-ring (bicyclic) bond motifs is 1. The first kappa shape index (κ1) is 9.03. The highest BCUT2D eigenvalue weighted by Crippen LogP contribution is 2.32. The molecule has 1 heterocycles. The van der Waals surface area contributed by atoms with E-state index in [9.17, 15) is 4.39 Å². The second-order valence-electron chi connectivity index (χ2n) is 3.72. The van der Waals surface area contributed by atoms with E-state index in [0.29, 0.717) is 6.04 Å². The molecule has 0 amide bonds. The van der Waals surface area contributed by atoms with Crippen LogP contribution in [0.2, 0.25) is 0 Å². The van der Waals surface area contributed by atoms with Gasteiger partial charge in [-0.1, -0.05) is 0 Å². The predicted octanol–water partition coefficient (Wildman–Crippen LogP) is 2.37. The quantitative estimate of drug-likeness (QED) is 0.718. The lowest BCUT2D eigenvalue weighted by Gasteiger charge is -2.17. The summed E-state index contributed by atoms with van der Waals surface area (Å²) in [5, 5.41) is 6.42. The minimum atomic E-state index is -0.225. The van der Waals surface area contributed by atoms with Gasteiger partial charge in [-0.3, -0.25) is 0 Å². The molecular formula is C10H10FN3S. The van der Waals surface area contributed by atoms with Gasteiger partial charge in [0, 0.05) is 18.0 Å². The van der Waals surface area contributed by atoms with Crippen LogP contribution in [0, 0.1) is 5.82 Å². The van der Waals surface area contributed by atoms with Gasteiger partial charge in [0.05, 0.1) is 10.6 Å². The van der Waals surface area contributed by atoms with Crippen molar-refractivity contribution in [3.05, 3.63) is 24.0 Å². The molecule has 0 radical (unpaired) electrons. The van der Waals surface area contributed by atoms with Crippen molar-refractivity contribution in [3.8, 4) is 0 Å². The molecule has 0 unspecified atom stereocenters. The van der Waals surface area contributed by atoms with Gasteiger partial charge in [-0.2, -0.15) is 4.40 Å². The van der Waals surface area contributed by atoms with E-state index in [0.717, 1.165) is 16.5 Å². The van der Waals surface area contributed by atoms with Gasteiger partial charge in [0.2, 0.25) is 5.96 Å². The zero-order chi connectivity index (χ0) is 10.3. The van der Waals surface area contributed by atoms with Crippen LogP contribution in [0.25, 0.3) is 0 Å². The first-order valence-electron chi connectivity index (χ1n) is 4.89. The normalized spacial score (nSPS) is 18.9. The molecule has 2 N–H and O–H groups in total. The average molecular weight is 223 g/mol. The van der Waals surface area contributed by atoms with Crippen molar-refractivity contribution in [1.29, 1.82) is 0 Å². The molecule has 1 aromatic carbocycles. The molecule has 3 nitrogen and oxygen atoms in total. The molecule has 1 aliphatic carbocycles. The van der Waals surface area contributed by atoms with Crippen molar-refractivity contribution in [2.75, 3.05) is 5.32 Å². The molecule has 1 saturated carbocycles. The third-order valence-corrected chi connectivity index (χ3v) is 3.16.